The number of carbonyl (C=O) groups excluding carboxylic acids is 3. The molecule has 2 amide bonds. The predicted molar refractivity (Wildman–Crippen MR) is 104 cm³/mol. The summed E-state index contributed by atoms with van der Waals surface area (Å²) in [5.74, 6) is -1.45. The minimum atomic E-state index is -0.856. The largest absolute Gasteiger partial charge is 0.454 e. The fraction of sp³-hybridized carbons (Fsp3) is 0.550. The zero-order chi connectivity index (χ0) is 19.8. The molecule has 148 valence electrons. The Labute approximate surface area is 165 Å². The normalized spacial score (nSPS) is 15.8. The molecule has 1 atom stereocenters. The zero-order valence-corrected chi connectivity index (χ0v) is 16.6. The highest BCUT2D eigenvalue weighted by Crippen LogP contribution is 2.16. The second-order valence-corrected chi connectivity index (χ2v) is 7.48. The van der Waals surface area contributed by atoms with Gasteiger partial charge in [-0.2, -0.15) is 0 Å². The first-order valence-corrected chi connectivity index (χ1v) is 9.77. The lowest BCUT2D eigenvalue weighted by Gasteiger charge is -2.23. The Kier molecular flexibility index (Phi) is 8.10. The van der Waals surface area contributed by atoms with Crippen LogP contribution in [0.5, 0.6) is 0 Å². The minimum absolute atomic E-state index is 0.190. The van der Waals surface area contributed by atoms with Crippen molar-refractivity contribution in [1.82, 2.24) is 10.2 Å². The summed E-state index contributed by atoms with van der Waals surface area (Å²) < 4.78 is 5.21. The maximum Gasteiger partial charge on any atom is 0.329 e. The van der Waals surface area contributed by atoms with Gasteiger partial charge < -0.3 is 15.0 Å². The van der Waals surface area contributed by atoms with Gasteiger partial charge in [0, 0.05) is 13.1 Å². The van der Waals surface area contributed by atoms with Crippen molar-refractivity contribution in [2.45, 2.75) is 45.6 Å². The molecular formula is C20H27ClN2O4. The summed E-state index contributed by atoms with van der Waals surface area (Å²) in [7, 11) is 0. The standard InChI is InChI=1S/C20H27ClN2O4/c1-14(2)18(22-19(25)15-9-5-6-10-16(15)21)20(26)27-13-17(24)23-11-7-3-4-8-12-23/h5-6,9-10,14,18H,3-4,7-8,11-13H2,1-2H3,(H,22,25). The van der Waals surface area contributed by atoms with Crippen molar-refractivity contribution in [3.63, 3.8) is 0 Å². The first-order chi connectivity index (χ1) is 12.9. The van der Waals surface area contributed by atoms with Crippen molar-refractivity contribution in [3.8, 4) is 0 Å². The molecule has 27 heavy (non-hydrogen) atoms. The van der Waals surface area contributed by atoms with Crippen molar-refractivity contribution < 1.29 is 19.1 Å². The molecule has 1 N–H and O–H groups in total. The Morgan fingerprint density at radius 2 is 1.74 bits per heavy atom. The van der Waals surface area contributed by atoms with Gasteiger partial charge in [0.1, 0.15) is 6.04 Å². The number of rotatable bonds is 6. The minimum Gasteiger partial charge on any atom is -0.454 e. The van der Waals surface area contributed by atoms with Crippen molar-refractivity contribution in [3.05, 3.63) is 34.9 Å². The van der Waals surface area contributed by atoms with Gasteiger partial charge in [0.25, 0.3) is 11.8 Å². The average Bonchev–Trinajstić information content (AvgIpc) is 2.93. The van der Waals surface area contributed by atoms with Gasteiger partial charge in [-0.15, -0.1) is 0 Å². The lowest BCUT2D eigenvalue weighted by Crippen LogP contribution is -2.46. The van der Waals surface area contributed by atoms with E-state index in [0.717, 1.165) is 25.7 Å². The number of halogens is 1. The SMILES string of the molecule is CC(C)C(NC(=O)c1ccccc1Cl)C(=O)OCC(=O)N1CCCCCC1. The summed E-state index contributed by atoms with van der Waals surface area (Å²) in [4.78, 5) is 38.9. The molecule has 1 aromatic rings. The monoisotopic (exact) mass is 394 g/mol. The molecular weight excluding hydrogens is 368 g/mol. The van der Waals surface area contributed by atoms with Crippen LogP contribution in [-0.2, 0) is 14.3 Å². The highest BCUT2D eigenvalue weighted by Gasteiger charge is 2.28. The van der Waals surface area contributed by atoms with E-state index in [-0.39, 0.29) is 18.4 Å². The van der Waals surface area contributed by atoms with Crippen molar-refractivity contribution >= 4 is 29.4 Å². The molecule has 1 aromatic carbocycles. The van der Waals surface area contributed by atoms with E-state index in [1.807, 2.05) is 0 Å². The second kappa shape index (κ2) is 10.3. The van der Waals surface area contributed by atoms with Gasteiger partial charge >= 0.3 is 5.97 Å². The molecule has 1 heterocycles. The van der Waals surface area contributed by atoms with Crippen LogP contribution in [0.4, 0.5) is 0 Å². The molecule has 0 spiro atoms. The average molecular weight is 395 g/mol. The van der Waals surface area contributed by atoms with Crippen molar-refractivity contribution in [2.75, 3.05) is 19.7 Å². The van der Waals surface area contributed by atoms with Crippen LogP contribution in [0.1, 0.15) is 49.9 Å². The molecule has 1 saturated heterocycles. The first-order valence-electron chi connectivity index (χ1n) is 9.40. The van der Waals surface area contributed by atoms with Crippen molar-refractivity contribution in [2.24, 2.45) is 5.92 Å². The molecule has 0 bridgehead atoms. The third-order valence-corrected chi connectivity index (χ3v) is 4.95. The lowest BCUT2D eigenvalue weighted by molar-refractivity contribution is -0.154. The lowest BCUT2D eigenvalue weighted by atomic mass is 10.0. The molecule has 0 aliphatic carbocycles. The Morgan fingerprint density at radius 3 is 2.33 bits per heavy atom. The van der Waals surface area contributed by atoms with E-state index < -0.39 is 17.9 Å². The molecule has 0 aromatic heterocycles. The van der Waals surface area contributed by atoms with Crippen LogP contribution in [-0.4, -0.2) is 48.4 Å². The smallest absolute Gasteiger partial charge is 0.329 e. The van der Waals surface area contributed by atoms with E-state index in [0.29, 0.717) is 23.7 Å². The summed E-state index contributed by atoms with van der Waals surface area (Å²) in [6.45, 7) is 4.70. The van der Waals surface area contributed by atoms with Crippen LogP contribution in [0.2, 0.25) is 5.02 Å². The number of benzene rings is 1. The number of ether oxygens (including phenoxy) is 1. The number of likely N-dealkylation sites (tertiary alicyclic amines) is 1. The molecule has 6 nitrogen and oxygen atoms in total. The highest BCUT2D eigenvalue weighted by molar-refractivity contribution is 6.33. The molecule has 1 aliphatic heterocycles. The van der Waals surface area contributed by atoms with Crippen LogP contribution in [0.15, 0.2) is 24.3 Å². The van der Waals surface area contributed by atoms with Gasteiger partial charge in [-0.3, -0.25) is 9.59 Å². The maximum atomic E-state index is 12.5. The Balaban J connectivity index is 1.93. The van der Waals surface area contributed by atoms with E-state index >= 15 is 0 Å². The van der Waals surface area contributed by atoms with Gasteiger partial charge in [0.2, 0.25) is 0 Å². The van der Waals surface area contributed by atoms with Gasteiger partial charge in [0.05, 0.1) is 10.6 Å². The predicted octanol–water partition coefficient (Wildman–Crippen LogP) is 3.04. The number of amides is 2. The van der Waals surface area contributed by atoms with Gasteiger partial charge in [-0.1, -0.05) is 50.4 Å². The number of esters is 1. The third-order valence-electron chi connectivity index (χ3n) is 4.62. The fourth-order valence-corrected chi connectivity index (χ4v) is 3.22. The van der Waals surface area contributed by atoms with E-state index in [2.05, 4.69) is 5.32 Å². The molecule has 0 radical (unpaired) electrons. The van der Waals surface area contributed by atoms with Gasteiger partial charge in [0.15, 0.2) is 6.61 Å². The van der Waals surface area contributed by atoms with E-state index in [9.17, 15) is 14.4 Å². The second-order valence-electron chi connectivity index (χ2n) is 7.08. The van der Waals surface area contributed by atoms with Crippen LogP contribution >= 0.6 is 11.6 Å². The van der Waals surface area contributed by atoms with Gasteiger partial charge in [-0.05, 0) is 30.9 Å². The number of nitrogens with one attached hydrogen (secondary N) is 1. The molecule has 1 fully saturated rings. The number of hydrogen-bond donors (Lipinski definition) is 1. The molecule has 1 unspecified atom stereocenters. The summed E-state index contributed by atoms with van der Waals surface area (Å²) >= 11 is 6.04. The van der Waals surface area contributed by atoms with Crippen molar-refractivity contribution in [1.29, 1.82) is 0 Å². The summed E-state index contributed by atoms with van der Waals surface area (Å²) in [5, 5.41) is 2.97. The molecule has 2 rings (SSSR count). The maximum absolute atomic E-state index is 12.5. The molecule has 0 saturated carbocycles. The number of hydrogen-bond acceptors (Lipinski definition) is 4. The molecule has 7 heteroatoms. The van der Waals surface area contributed by atoms with E-state index in [4.69, 9.17) is 16.3 Å². The summed E-state index contributed by atoms with van der Waals surface area (Å²) in [5.41, 5.74) is 0.290. The third kappa shape index (κ3) is 6.24. The quantitative estimate of drug-likeness (QED) is 0.752. The van der Waals surface area contributed by atoms with E-state index in [1.54, 1.807) is 43.0 Å². The first kappa shape index (κ1) is 21.2. The summed E-state index contributed by atoms with van der Waals surface area (Å²) in [6.07, 6.45) is 4.19. The number of carbonyl (C=O) groups is 3. The van der Waals surface area contributed by atoms with Crippen LogP contribution in [0.3, 0.4) is 0 Å². The zero-order valence-electron chi connectivity index (χ0n) is 15.9. The van der Waals surface area contributed by atoms with Gasteiger partial charge in [-0.25, -0.2) is 4.79 Å². The fourth-order valence-electron chi connectivity index (χ4n) is 3.00. The Morgan fingerprint density at radius 1 is 1.11 bits per heavy atom. The topological polar surface area (TPSA) is 75.7 Å². The Bertz CT molecular complexity index is 670. The highest BCUT2D eigenvalue weighted by atomic mass is 35.5. The number of nitrogens with zero attached hydrogens (tertiary/aromatic N) is 1. The van der Waals surface area contributed by atoms with Crippen LogP contribution < -0.4 is 5.32 Å². The van der Waals surface area contributed by atoms with E-state index in [1.165, 1.54) is 0 Å². The Hall–Kier alpha value is -2.08. The summed E-state index contributed by atoms with van der Waals surface area (Å²) in [6, 6.07) is 5.76. The molecule has 1 aliphatic rings. The van der Waals surface area contributed by atoms with Crippen LogP contribution in [0.25, 0.3) is 0 Å². The van der Waals surface area contributed by atoms with Crippen LogP contribution in [0, 0.1) is 5.92 Å².